The minimum Gasteiger partial charge on any atom is -0.444 e. The second kappa shape index (κ2) is 12.7. The van der Waals surface area contributed by atoms with Crippen molar-refractivity contribution in [1.82, 2.24) is 15.5 Å². The summed E-state index contributed by atoms with van der Waals surface area (Å²) in [4.78, 5) is 19.0. The van der Waals surface area contributed by atoms with Crippen LogP contribution in [-0.4, -0.2) is 68.0 Å². The summed E-state index contributed by atoms with van der Waals surface area (Å²) in [7, 11) is 1.80. The van der Waals surface area contributed by atoms with E-state index in [2.05, 4.69) is 34.4 Å². The summed E-state index contributed by atoms with van der Waals surface area (Å²) in [5, 5.41) is 6.54. The van der Waals surface area contributed by atoms with Crippen LogP contribution in [0.3, 0.4) is 0 Å². The quantitative estimate of drug-likeness (QED) is 0.295. The molecule has 0 bridgehead atoms. The molecule has 0 aromatic rings. The number of carbonyl (C=O) groups excluding carboxylic acids is 1. The van der Waals surface area contributed by atoms with E-state index in [-0.39, 0.29) is 35.6 Å². The van der Waals surface area contributed by atoms with Gasteiger partial charge in [0.05, 0.1) is 12.1 Å². The highest BCUT2D eigenvalue weighted by molar-refractivity contribution is 14.0. The van der Waals surface area contributed by atoms with Crippen LogP contribution in [-0.2, 0) is 9.47 Å². The van der Waals surface area contributed by atoms with Crippen molar-refractivity contribution >= 4 is 36.0 Å². The first-order valence-electron chi connectivity index (χ1n) is 10.2. The van der Waals surface area contributed by atoms with E-state index in [9.17, 15) is 4.79 Å². The monoisotopic (exact) mass is 512 g/mol. The molecule has 0 aromatic heterocycles. The third-order valence-corrected chi connectivity index (χ3v) is 5.06. The summed E-state index contributed by atoms with van der Waals surface area (Å²) in [6, 6.07) is 0. The summed E-state index contributed by atoms with van der Waals surface area (Å²) in [5.41, 5.74) is -0.880. The summed E-state index contributed by atoms with van der Waals surface area (Å²) in [5.74, 6) is 1.43. The van der Waals surface area contributed by atoms with Crippen molar-refractivity contribution < 1.29 is 14.3 Å². The molecule has 7 nitrogen and oxygen atoms in total. The molecule has 1 aliphatic rings. The Labute approximate surface area is 188 Å². The predicted octanol–water partition coefficient (Wildman–Crippen LogP) is 3.62. The van der Waals surface area contributed by atoms with E-state index in [1.807, 2.05) is 27.7 Å². The Bertz CT molecular complexity index is 490. The number of rotatable bonds is 8. The minimum absolute atomic E-state index is 0. The van der Waals surface area contributed by atoms with E-state index < -0.39 is 5.60 Å². The van der Waals surface area contributed by atoms with E-state index in [0.29, 0.717) is 12.5 Å². The van der Waals surface area contributed by atoms with Crippen molar-refractivity contribution in [3.8, 4) is 0 Å². The molecular weight excluding hydrogens is 471 g/mol. The molecule has 166 valence electrons. The largest absolute Gasteiger partial charge is 0.444 e. The predicted molar refractivity (Wildman–Crippen MR) is 126 cm³/mol. The Morgan fingerprint density at radius 2 is 1.86 bits per heavy atom. The van der Waals surface area contributed by atoms with Gasteiger partial charge in [0.1, 0.15) is 5.60 Å². The van der Waals surface area contributed by atoms with E-state index in [4.69, 9.17) is 9.47 Å². The zero-order valence-electron chi connectivity index (χ0n) is 18.8. The van der Waals surface area contributed by atoms with E-state index in [1.54, 1.807) is 7.05 Å². The van der Waals surface area contributed by atoms with Gasteiger partial charge in [-0.3, -0.25) is 4.99 Å². The van der Waals surface area contributed by atoms with Gasteiger partial charge in [-0.25, -0.2) is 4.79 Å². The van der Waals surface area contributed by atoms with Crippen molar-refractivity contribution in [2.45, 2.75) is 71.9 Å². The van der Waals surface area contributed by atoms with Crippen molar-refractivity contribution in [3.05, 3.63) is 0 Å². The molecule has 0 spiro atoms. The Morgan fingerprint density at radius 1 is 1.21 bits per heavy atom. The fourth-order valence-electron chi connectivity index (χ4n) is 3.27. The van der Waals surface area contributed by atoms with Crippen LogP contribution in [0.15, 0.2) is 4.99 Å². The number of guanidine groups is 1. The Kier molecular flexibility index (Phi) is 12.4. The van der Waals surface area contributed by atoms with Gasteiger partial charge in [-0.2, -0.15) is 0 Å². The van der Waals surface area contributed by atoms with E-state index >= 15 is 0 Å². The van der Waals surface area contributed by atoms with Crippen molar-refractivity contribution in [2.75, 3.05) is 39.9 Å². The summed E-state index contributed by atoms with van der Waals surface area (Å²) in [6.45, 7) is 15.9. The van der Waals surface area contributed by atoms with Crippen molar-refractivity contribution in [1.29, 1.82) is 0 Å². The van der Waals surface area contributed by atoms with Gasteiger partial charge in [-0.1, -0.05) is 13.8 Å². The number of likely N-dealkylation sites (tertiary alicyclic amines) is 1. The standard InChI is InChI=1S/C20H40N4O3.HI/c1-8-20(9-2,23-18(25)27-19(4,5)6)15-22-17(21-7)24-12-11-16(13-24)14-26-10-3;/h16H,8-15H2,1-7H3,(H,21,22)(H,23,25);1H. The lowest BCUT2D eigenvalue weighted by Crippen LogP contribution is -2.57. The van der Waals surface area contributed by atoms with E-state index in [1.165, 1.54) is 0 Å². The van der Waals surface area contributed by atoms with Crippen molar-refractivity contribution in [3.63, 3.8) is 0 Å². The molecule has 1 unspecified atom stereocenters. The van der Waals surface area contributed by atoms with Crippen LogP contribution in [0.1, 0.15) is 60.8 Å². The highest BCUT2D eigenvalue weighted by Gasteiger charge is 2.32. The fraction of sp³-hybridized carbons (Fsp3) is 0.900. The molecule has 1 aliphatic heterocycles. The number of hydrogen-bond donors (Lipinski definition) is 2. The molecule has 1 atom stereocenters. The highest BCUT2D eigenvalue weighted by Crippen LogP contribution is 2.19. The molecule has 0 radical (unpaired) electrons. The van der Waals surface area contributed by atoms with Gasteiger partial charge in [0.2, 0.25) is 0 Å². The van der Waals surface area contributed by atoms with Gasteiger partial charge in [0.15, 0.2) is 5.96 Å². The molecule has 8 heteroatoms. The van der Waals surface area contributed by atoms with Gasteiger partial charge in [0.25, 0.3) is 0 Å². The number of aliphatic imine (C=N–C) groups is 1. The molecule has 28 heavy (non-hydrogen) atoms. The van der Waals surface area contributed by atoms with Crippen LogP contribution in [0.5, 0.6) is 0 Å². The number of nitrogens with zero attached hydrogens (tertiary/aromatic N) is 2. The maximum atomic E-state index is 12.3. The van der Waals surface area contributed by atoms with Crippen LogP contribution >= 0.6 is 24.0 Å². The summed E-state index contributed by atoms with van der Waals surface area (Å²) >= 11 is 0. The number of hydrogen-bond acceptors (Lipinski definition) is 4. The number of nitrogens with one attached hydrogen (secondary N) is 2. The third kappa shape index (κ3) is 9.15. The molecule has 0 aromatic carbocycles. The van der Waals surface area contributed by atoms with Gasteiger partial charge in [0, 0.05) is 39.2 Å². The molecule has 1 heterocycles. The van der Waals surface area contributed by atoms with Crippen LogP contribution in [0.2, 0.25) is 0 Å². The maximum Gasteiger partial charge on any atom is 0.408 e. The average Bonchev–Trinajstić information content (AvgIpc) is 3.06. The lowest BCUT2D eigenvalue weighted by Gasteiger charge is -2.35. The lowest BCUT2D eigenvalue weighted by molar-refractivity contribution is 0.0448. The Morgan fingerprint density at radius 3 is 2.36 bits per heavy atom. The average molecular weight is 512 g/mol. The zero-order valence-corrected chi connectivity index (χ0v) is 21.1. The van der Waals surface area contributed by atoms with Gasteiger partial charge >= 0.3 is 6.09 Å². The van der Waals surface area contributed by atoms with Crippen LogP contribution < -0.4 is 10.6 Å². The molecule has 1 amide bonds. The molecular formula is C20H41IN4O3. The van der Waals surface area contributed by atoms with Crippen molar-refractivity contribution in [2.24, 2.45) is 10.9 Å². The third-order valence-electron chi connectivity index (χ3n) is 5.06. The van der Waals surface area contributed by atoms with Crippen LogP contribution in [0.25, 0.3) is 0 Å². The second-order valence-corrected chi connectivity index (χ2v) is 8.28. The number of halogens is 1. The second-order valence-electron chi connectivity index (χ2n) is 8.28. The van der Waals surface area contributed by atoms with Gasteiger partial charge in [-0.05, 0) is 47.0 Å². The highest BCUT2D eigenvalue weighted by atomic mass is 127. The molecule has 2 N–H and O–H groups in total. The topological polar surface area (TPSA) is 75.2 Å². The number of amides is 1. The first-order chi connectivity index (χ1) is 12.7. The van der Waals surface area contributed by atoms with Crippen LogP contribution in [0, 0.1) is 5.92 Å². The molecule has 1 rings (SSSR count). The molecule has 1 saturated heterocycles. The molecule has 1 fully saturated rings. The van der Waals surface area contributed by atoms with E-state index in [0.717, 1.165) is 51.5 Å². The first kappa shape index (κ1) is 27.2. The van der Waals surface area contributed by atoms with Gasteiger partial charge in [-0.15, -0.1) is 24.0 Å². The number of ether oxygens (including phenoxy) is 2. The Balaban J connectivity index is 0.00000729. The zero-order chi connectivity index (χ0) is 20.5. The SMILES string of the molecule is CCOCC1CCN(C(=NC)NCC(CC)(CC)NC(=O)OC(C)(C)C)C1.I. The summed E-state index contributed by atoms with van der Waals surface area (Å²) < 4.78 is 11.0. The Hall–Kier alpha value is -0.770. The fourth-order valence-corrected chi connectivity index (χ4v) is 3.27. The maximum absolute atomic E-state index is 12.3. The molecule has 0 saturated carbocycles. The lowest BCUT2D eigenvalue weighted by atomic mass is 9.93. The number of alkyl carbamates (subject to hydrolysis) is 1. The molecule has 0 aliphatic carbocycles. The summed E-state index contributed by atoms with van der Waals surface area (Å²) in [6.07, 6.45) is 2.35. The van der Waals surface area contributed by atoms with Crippen LogP contribution in [0.4, 0.5) is 4.79 Å². The smallest absolute Gasteiger partial charge is 0.408 e. The first-order valence-corrected chi connectivity index (χ1v) is 10.2. The number of carbonyl (C=O) groups is 1. The minimum atomic E-state index is -0.508. The normalized spacial score (nSPS) is 17.9. The van der Waals surface area contributed by atoms with Gasteiger partial charge < -0.3 is 25.0 Å².